The minimum Gasteiger partial charge on any atom is -0.361 e. The summed E-state index contributed by atoms with van der Waals surface area (Å²) >= 11 is 0. The Balaban J connectivity index is 1.79. The van der Waals surface area contributed by atoms with Crippen molar-refractivity contribution in [3.05, 3.63) is 28.9 Å². The number of nitrogens with zero attached hydrogens (tertiary/aromatic N) is 4. The first kappa shape index (κ1) is 14.7. The van der Waals surface area contributed by atoms with Crippen LogP contribution in [0.25, 0.3) is 0 Å². The molecule has 1 aliphatic heterocycles. The van der Waals surface area contributed by atoms with Gasteiger partial charge >= 0.3 is 0 Å². The Labute approximate surface area is 128 Å². The van der Waals surface area contributed by atoms with Crippen molar-refractivity contribution < 1.29 is 13.9 Å². The smallest absolute Gasteiger partial charge is 0.276 e. The van der Waals surface area contributed by atoms with Crippen LogP contribution in [0.2, 0.25) is 0 Å². The minimum atomic E-state index is -0.122. The molecule has 3 heterocycles. The van der Waals surface area contributed by atoms with E-state index in [0.29, 0.717) is 18.2 Å². The maximum absolute atomic E-state index is 12.7. The molecule has 1 amide bonds. The van der Waals surface area contributed by atoms with Gasteiger partial charge in [-0.2, -0.15) is 0 Å². The summed E-state index contributed by atoms with van der Waals surface area (Å²) < 4.78 is 10.0. The molecule has 1 fully saturated rings. The van der Waals surface area contributed by atoms with Gasteiger partial charge in [0.05, 0.1) is 6.04 Å². The number of rotatable bonds is 4. The van der Waals surface area contributed by atoms with E-state index in [9.17, 15) is 4.79 Å². The normalized spacial score (nSPS) is 18.4. The first-order valence-electron chi connectivity index (χ1n) is 7.62. The van der Waals surface area contributed by atoms with Crippen molar-refractivity contribution in [2.45, 2.75) is 46.1 Å². The molecule has 0 aliphatic carbocycles. The number of aryl methyl sites for hydroxylation is 1. The lowest BCUT2D eigenvalue weighted by molar-refractivity contribution is 0.0719. The third-order valence-corrected chi connectivity index (χ3v) is 3.90. The Morgan fingerprint density at radius 2 is 2.23 bits per heavy atom. The Morgan fingerprint density at radius 3 is 2.91 bits per heavy atom. The average molecular weight is 304 g/mol. The van der Waals surface area contributed by atoms with Gasteiger partial charge in [-0.1, -0.05) is 29.3 Å². The van der Waals surface area contributed by atoms with E-state index < -0.39 is 0 Å². The van der Waals surface area contributed by atoms with E-state index in [1.807, 2.05) is 6.92 Å². The molecule has 7 nitrogen and oxygen atoms in total. The fourth-order valence-corrected chi connectivity index (χ4v) is 2.89. The second-order valence-electron chi connectivity index (χ2n) is 6.17. The molecule has 0 bridgehead atoms. The first-order chi connectivity index (χ1) is 10.6. The number of carbonyl (C=O) groups is 1. The molecule has 1 atom stereocenters. The molecule has 0 aromatic carbocycles. The molecular formula is C15H20N4O3. The van der Waals surface area contributed by atoms with E-state index in [-0.39, 0.29) is 11.9 Å². The van der Waals surface area contributed by atoms with Crippen LogP contribution in [-0.2, 0) is 6.42 Å². The second-order valence-corrected chi connectivity index (χ2v) is 6.17. The number of hydrogen-bond donors (Lipinski definition) is 0. The summed E-state index contributed by atoms with van der Waals surface area (Å²) in [5, 5.41) is 11.7. The van der Waals surface area contributed by atoms with E-state index in [2.05, 4.69) is 29.3 Å². The minimum absolute atomic E-state index is 0.0935. The van der Waals surface area contributed by atoms with Gasteiger partial charge in [0.2, 0.25) is 0 Å². The summed E-state index contributed by atoms with van der Waals surface area (Å²) in [5.74, 6) is 1.08. The highest BCUT2D eigenvalue weighted by atomic mass is 16.6. The van der Waals surface area contributed by atoms with Crippen LogP contribution in [0.5, 0.6) is 0 Å². The zero-order valence-corrected chi connectivity index (χ0v) is 13.1. The Kier molecular flexibility index (Phi) is 3.96. The number of carbonyl (C=O) groups excluding carboxylic acids is 1. The summed E-state index contributed by atoms with van der Waals surface area (Å²) in [5.41, 5.74) is 1.82. The molecule has 0 spiro atoms. The van der Waals surface area contributed by atoms with E-state index in [1.165, 1.54) is 0 Å². The SMILES string of the molecule is Cc1nonc1[C@H]1CCCN1C(=O)c1cc(CC(C)C)on1. The predicted octanol–water partition coefficient (Wildman–Crippen LogP) is 2.54. The van der Waals surface area contributed by atoms with Gasteiger partial charge in [-0.15, -0.1) is 0 Å². The molecule has 3 rings (SSSR count). The highest BCUT2D eigenvalue weighted by Crippen LogP contribution is 2.33. The number of hydrogen-bond acceptors (Lipinski definition) is 6. The summed E-state index contributed by atoms with van der Waals surface area (Å²) in [7, 11) is 0. The lowest BCUT2D eigenvalue weighted by Crippen LogP contribution is -2.31. The number of amides is 1. The van der Waals surface area contributed by atoms with E-state index in [0.717, 1.165) is 36.4 Å². The molecule has 0 unspecified atom stereocenters. The molecule has 22 heavy (non-hydrogen) atoms. The maximum Gasteiger partial charge on any atom is 0.276 e. The van der Waals surface area contributed by atoms with Crippen LogP contribution in [-0.4, -0.2) is 32.8 Å². The zero-order chi connectivity index (χ0) is 15.7. The van der Waals surface area contributed by atoms with Crippen LogP contribution in [0.15, 0.2) is 15.2 Å². The van der Waals surface area contributed by atoms with Crippen LogP contribution in [0, 0.1) is 12.8 Å². The van der Waals surface area contributed by atoms with Crippen molar-refractivity contribution in [2.75, 3.05) is 6.54 Å². The van der Waals surface area contributed by atoms with Gasteiger partial charge in [0.15, 0.2) is 5.69 Å². The summed E-state index contributed by atoms with van der Waals surface area (Å²) in [4.78, 5) is 14.5. The Morgan fingerprint density at radius 1 is 1.41 bits per heavy atom. The van der Waals surface area contributed by atoms with Crippen molar-refractivity contribution in [2.24, 2.45) is 5.92 Å². The molecular weight excluding hydrogens is 284 g/mol. The molecule has 0 radical (unpaired) electrons. The molecule has 118 valence electrons. The topological polar surface area (TPSA) is 85.3 Å². The lowest BCUT2D eigenvalue weighted by atomic mass is 10.1. The van der Waals surface area contributed by atoms with Gasteiger partial charge in [0.25, 0.3) is 5.91 Å². The van der Waals surface area contributed by atoms with Crippen LogP contribution in [0.3, 0.4) is 0 Å². The zero-order valence-electron chi connectivity index (χ0n) is 13.1. The standard InChI is InChI=1S/C15H20N4O3/c1-9(2)7-11-8-12(17-21-11)15(20)19-6-4-5-13(19)14-10(3)16-22-18-14/h8-9,13H,4-7H2,1-3H3/t13-/m1/s1. The van der Waals surface area contributed by atoms with Crippen LogP contribution >= 0.6 is 0 Å². The van der Waals surface area contributed by atoms with Crippen LogP contribution in [0.4, 0.5) is 0 Å². The second kappa shape index (κ2) is 5.90. The van der Waals surface area contributed by atoms with Gasteiger partial charge in [-0.25, -0.2) is 4.63 Å². The molecule has 0 N–H and O–H groups in total. The van der Waals surface area contributed by atoms with Gasteiger partial charge in [0, 0.05) is 19.0 Å². The monoisotopic (exact) mass is 304 g/mol. The van der Waals surface area contributed by atoms with Crippen molar-refractivity contribution in [3.8, 4) is 0 Å². The van der Waals surface area contributed by atoms with Crippen LogP contribution < -0.4 is 0 Å². The van der Waals surface area contributed by atoms with Crippen molar-refractivity contribution in [1.82, 2.24) is 20.4 Å². The van der Waals surface area contributed by atoms with Crippen LogP contribution in [0.1, 0.15) is 60.4 Å². The maximum atomic E-state index is 12.7. The van der Waals surface area contributed by atoms with Gasteiger partial charge in [0.1, 0.15) is 17.1 Å². The predicted molar refractivity (Wildman–Crippen MR) is 77.1 cm³/mol. The third-order valence-electron chi connectivity index (χ3n) is 3.90. The third kappa shape index (κ3) is 2.75. The van der Waals surface area contributed by atoms with Gasteiger partial charge in [-0.05, 0) is 25.7 Å². The van der Waals surface area contributed by atoms with E-state index in [4.69, 9.17) is 9.15 Å². The molecule has 0 saturated carbocycles. The van der Waals surface area contributed by atoms with E-state index >= 15 is 0 Å². The molecule has 1 aliphatic rings. The molecule has 2 aromatic heterocycles. The molecule has 7 heteroatoms. The molecule has 1 saturated heterocycles. The fraction of sp³-hybridized carbons (Fsp3) is 0.600. The van der Waals surface area contributed by atoms with Gasteiger partial charge < -0.3 is 9.42 Å². The average Bonchev–Trinajstić information content (AvgIpc) is 3.16. The lowest BCUT2D eigenvalue weighted by Gasteiger charge is -2.21. The Hall–Kier alpha value is -2.18. The highest BCUT2D eigenvalue weighted by molar-refractivity contribution is 5.92. The number of aromatic nitrogens is 3. The summed E-state index contributed by atoms with van der Waals surface area (Å²) in [6.07, 6.45) is 2.56. The van der Waals surface area contributed by atoms with E-state index in [1.54, 1.807) is 11.0 Å². The van der Waals surface area contributed by atoms with Crippen molar-refractivity contribution >= 4 is 5.91 Å². The summed E-state index contributed by atoms with van der Waals surface area (Å²) in [6, 6.07) is 1.65. The quantitative estimate of drug-likeness (QED) is 0.863. The Bertz CT molecular complexity index is 661. The first-order valence-corrected chi connectivity index (χ1v) is 7.62. The fourth-order valence-electron chi connectivity index (χ4n) is 2.89. The van der Waals surface area contributed by atoms with Crippen molar-refractivity contribution in [3.63, 3.8) is 0 Å². The number of likely N-dealkylation sites (tertiary alicyclic amines) is 1. The summed E-state index contributed by atoms with van der Waals surface area (Å²) in [6.45, 7) is 6.72. The van der Waals surface area contributed by atoms with Crippen molar-refractivity contribution in [1.29, 1.82) is 0 Å². The molecule has 2 aromatic rings. The van der Waals surface area contributed by atoms with Gasteiger partial charge in [-0.3, -0.25) is 4.79 Å². The largest absolute Gasteiger partial charge is 0.361 e. The highest BCUT2D eigenvalue weighted by Gasteiger charge is 2.35.